The van der Waals surface area contributed by atoms with Gasteiger partial charge in [-0.05, 0) is 19.9 Å². The molecule has 0 aromatic heterocycles. The molecule has 0 saturated carbocycles. The lowest BCUT2D eigenvalue weighted by molar-refractivity contribution is -0.0154. The Kier molecular flexibility index (Phi) is 1.47. The highest BCUT2D eigenvalue weighted by Gasteiger charge is 2.22. The van der Waals surface area contributed by atoms with Crippen LogP contribution in [0.1, 0.15) is 13.8 Å². The standard InChI is InChI=1S/C6H12N2O/c1-6(2)3-5(4-7)8-9-6/h3,8H,4,7H2,1-2H3. The van der Waals surface area contributed by atoms with Crippen molar-refractivity contribution in [2.75, 3.05) is 6.54 Å². The van der Waals surface area contributed by atoms with Gasteiger partial charge in [-0.2, -0.15) is 0 Å². The minimum Gasteiger partial charge on any atom is -0.325 e. The molecular formula is C6H12N2O. The molecule has 0 aromatic carbocycles. The van der Waals surface area contributed by atoms with Crippen LogP contribution in [0.3, 0.4) is 0 Å². The molecule has 0 amide bonds. The third-order valence-electron chi connectivity index (χ3n) is 1.19. The molecule has 1 heterocycles. The highest BCUT2D eigenvalue weighted by atomic mass is 16.7. The van der Waals surface area contributed by atoms with Gasteiger partial charge in [-0.25, -0.2) is 0 Å². The Balaban J connectivity index is 2.61. The summed E-state index contributed by atoms with van der Waals surface area (Å²) in [5.41, 5.74) is 8.85. The van der Waals surface area contributed by atoms with Gasteiger partial charge in [0.2, 0.25) is 0 Å². The van der Waals surface area contributed by atoms with E-state index in [1.54, 1.807) is 0 Å². The summed E-state index contributed by atoms with van der Waals surface area (Å²) in [6.07, 6.45) is 1.98. The van der Waals surface area contributed by atoms with E-state index >= 15 is 0 Å². The summed E-state index contributed by atoms with van der Waals surface area (Å²) in [7, 11) is 0. The van der Waals surface area contributed by atoms with E-state index in [0.29, 0.717) is 6.54 Å². The Morgan fingerprint density at radius 2 is 2.44 bits per heavy atom. The molecule has 0 fully saturated rings. The summed E-state index contributed by atoms with van der Waals surface area (Å²) >= 11 is 0. The zero-order valence-electron chi connectivity index (χ0n) is 5.77. The molecule has 9 heavy (non-hydrogen) atoms. The lowest BCUT2D eigenvalue weighted by atomic mass is 10.1. The Bertz CT molecular complexity index is 140. The normalized spacial score (nSPS) is 23.2. The first-order chi connectivity index (χ1) is 4.14. The third-order valence-corrected chi connectivity index (χ3v) is 1.19. The van der Waals surface area contributed by atoms with E-state index in [-0.39, 0.29) is 5.60 Å². The van der Waals surface area contributed by atoms with Gasteiger partial charge in [-0.3, -0.25) is 10.3 Å². The number of nitrogens with two attached hydrogens (primary N) is 1. The second-order valence-corrected chi connectivity index (χ2v) is 2.68. The van der Waals surface area contributed by atoms with E-state index in [0.717, 1.165) is 5.70 Å². The molecule has 1 rings (SSSR count). The number of hydrogen-bond acceptors (Lipinski definition) is 3. The van der Waals surface area contributed by atoms with Crippen molar-refractivity contribution in [1.82, 2.24) is 5.48 Å². The Morgan fingerprint density at radius 1 is 1.78 bits per heavy atom. The fraction of sp³-hybridized carbons (Fsp3) is 0.667. The van der Waals surface area contributed by atoms with Gasteiger partial charge >= 0.3 is 0 Å². The first kappa shape index (κ1) is 6.58. The third kappa shape index (κ3) is 1.43. The molecule has 0 aromatic rings. The van der Waals surface area contributed by atoms with E-state index in [9.17, 15) is 0 Å². The smallest absolute Gasteiger partial charge is 0.110 e. The fourth-order valence-corrected chi connectivity index (χ4v) is 0.776. The second-order valence-electron chi connectivity index (χ2n) is 2.68. The topological polar surface area (TPSA) is 47.3 Å². The van der Waals surface area contributed by atoms with Crippen LogP contribution in [0.5, 0.6) is 0 Å². The van der Waals surface area contributed by atoms with Gasteiger partial charge in [0.15, 0.2) is 0 Å². The molecule has 0 saturated heterocycles. The van der Waals surface area contributed by atoms with Gasteiger partial charge < -0.3 is 5.73 Å². The van der Waals surface area contributed by atoms with Crippen molar-refractivity contribution in [3.05, 3.63) is 11.8 Å². The van der Waals surface area contributed by atoms with E-state index in [1.807, 2.05) is 19.9 Å². The Morgan fingerprint density at radius 3 is 2.67 bits per heavy atom. The van der Waals surface area contributed by atoms with Crippen molar-refractivity contribution in [3.63, 3.8) is 0 Å². The molecule has 0 unspecified atom stereocenters. The van der Waals surface area contributed by atoms with E-state index in [2.05, 4.69) is 5.48 Å². The number of hydroxylamine groups is 1. The molecule has 0 aliphatic carbocycles. The van der Waals surface area contributed by atoms with Gasteiger partial charge in [0, 0.05) is 6.54 Å². The van der Waals surface area contributed by atoms with Crippen LogP contribution in [0.25, 0.3) is 0 Å². The molecule has 0 atom stereocenters. The number of rotatable bonds is 1. The minimum absolute atomic E-state index is 0.186. The maximum absolute atomic E-state index is 5.34. The summed E-state index contributed by atoms with van der Waals surface area (Å²) in [5, 5.41) is 0. The highest BCUT2D eigenvalue weighted by Crippen LogP contribution is 2.16. The average Bonchev–Trinajstić information content (AvgIpc) is 2.10. The summed E-state index contributed by atoms with van der Waals surface area (Å²) in [6, 6.07) is 0. The average molecular weight is 128 g/mol. The van der Waals surface area contributed by atoms with Crippen LogP contribution in [0.15, 0.2) is 11.8 Å². The van der Waals surface area contributed by atoms with Crippen LogP contribution in [-0.4, -0.2) is 12.1 Å². The van der Waals surface area contributed by atoms with Crippen molar-refractivity contribution in [1.29, 1.82) is 0 Å². The van der Waals surface area contributed by atoms with E-state index < -0.39 is 0 Å². The SMILES string of the molecule is CC1(C)C=C(CN)NO1. The molecule has 3 nitrogen and oxygen atoms in total. The lowest BCUT2D eigenvalue weighted by Crippen LogP contribution is -2.21. The number of hydrogen-bond donors (Lipinski definition) is 2. The molecule has 0 bridgehead atoms. The van der Waals surface area contributed by atoms with Gasteiger partial charge in [0.05, 0.1) is 5.70 Å². The largest absolute Gasteiger partial charge is 0.325 e. The lowest BCUT2D eigenvalue weighted by Gasteiger charge is -2.11. The van der Waals surface area contributed by atoms with E-state index in [1.165, 1.54) is 0 Å². The zero-order valence-corrected chi connectivity index (χ0v) is 5.77. The summed E-state index contributed by atoms with van der Waals surface area (Å²) in [4.78, 5) is 5.12. The molecule has 0 radical (unpaired) electrons. The van der Waals surface area contributed by atoms with Gasteiger partial charge in [-0.1, -0.05) is 0 Å². The summed E-state index contributed by atoms with van der Waals surface area (Å²) in [6.45, 7) is 4.47. The van der Waals surface area contributed by atoms with Crippen LogP contribution in [0.4, 0.5) is 0 Å². The van der Waals surface area contributed by atoms with E-state index in [4.69, 9.17) is 10.6 Å². The first-order valence-electron chi connectivity index (χ1n) is 3.00. The second kappa shape index (κ2) is 2.01. The first-order valence-corrected chi connectivity index (χ1v) is 3.00. The van der Waals surface area contributed by atoms with Crippen LogP contribution in [0, 0.1) is 0 Å². The van der Waals surface area contributed by atoms with Gasteiger partial charge in [0.25, 0.3) is 0 Å². The highest BCUT2D eigenvalue weighted by molar-refractivity contribution is 5.11. The maximum Gasteiger partial charge on any atom is 0.110 e. The zero-order chi connectivity index (χ0) is 6.91. The monoisotopic (exact) mass is 128 g/mol. The summed E-state index contributed by atoms with van der Waals surface area (Å²) in [5.74, 6) is 0. The molecule has 1 aliphatic rings. The van der Waals surface area contributed by atoms with Crippen molar-refractivity contribution < 1.29 is 4.84 Å². The van der Waals surface area contributed by atoms with Crippen LogP contribution in [-0.2, 0) is 4.84 Å². The Labute approximate surface area is 54.8 Å². The molecule has 3 heteroatoms. The molecular weight excluding hydrogens is 116 g/mol. The van der Waals surface area contributed by atoms with Crippen molar-refractivity contribution in [2.24, 2.45) is 5.73 Å². The predicted molar refractivity (Wildman–Crippen MR) is 35.4 cm³/mol. The van der Waals surface area contributed by atoms with Crippen molar-refractivity contribution in [3.8, 4) is 0 Å². The predicted octanol–water partition coefficient (Wildman–Crippen LogP) is 0.142. The van der Waals surface area contributed by atoms with Crippen molar-refractivity contribution >= 4 is 0 Å². The Hall–Kier alpha value is -0.540. The summed E-state index contributed by atoms with van der Waals surface area (Å²) < 4.78 is 0. The van der Waals surface area contributed by atoms with Gasteiger partial charge in [0.1, 0.15) is 5.60 Å². The molecule has 1 aliphatic heterocycles. The molecule has 52 valence electrons. The van der Waals surface area contributed by atoms with Crippen molar-refractivity contribution in [2.45, 2.75) is 19.4 Å². The molecule has 0 spiro atoms. The van der Waals surface area contributed by atoms with Crippen LogP contribution >= 0.6 is 0 Å². The molecule has 3 N–H and O–H groups in total. The van der Waals surface area contributed by atoms with Crippen LogP contribution in [0.2, 0.25) is 0 Å². The fourth-order valence-electron chi connectivity index (χ4n) is 0.776. The number of nitrogens with one attached hydrogen (secondary N) is 1. The van der Waals surface area contributed by atoms with Crippen LogP contribution < -0.4 is 11.2 Å². The minimum atomic E-state index is -0.186. The maximum atomic E-state index is 5.34. The van der Waals surface area contributed by atoms with Gasteiger partial charge in [-0.15, -0.1) is 0 Å². The quantitative estimate of drug-likeness (QED) is 0.528.